The highest BCUT2D eigenvalue weighted by atomic mass is 16.5. The average molecular weight is 214 g/mol. The van der Waals surface area contributed by atoms with Gasteiger partial charge in [0.25, 0.3) is 0 Å². The Kier molecular flexibility index (Phi) is 2.68. The minimum Gasteiger partial charge on any atom is -0.497 e. The Balaban J connectivity index is 2.55. The third kappa shape index (κ3) is 1.80. The van der Waals surface area contributed by atoms with Crippen LogP contribution in [-0.2, 0) is 4.79 Å². The van der Waals surface area contributed by atoms with Crippen LogP contribution in [0.25, 0.3) is 10.8 Å². The number of aldehydes is 1. The summed E-state index contributed by atoms with van der Waals surface area (Å²) in [6.45, 7) is 0. The van der Waals surface area contributed by atoms with Crippen LogP contribution in [0.5, 0.6) is 5.75 Å². The van der Waals surface area contributed by atoms with Crippen molar-refractivity contribution in [1.82, 2.24) is 0 Å². The molecule has 0 N–H and O–H groups in total. The molecule has 2 rings (SSSR count). The number of carbonyl (C=O) groups is 2. The molecule has 80 valence electrons. The number of hydrogen-bond acceptors (Lipinski definition) is 3. The molecule has 0 saturated heterocycles. The fourth-order valence-electron chi connectivity index (χ4n) is 1.57. The van der Waals surface area contributed by atoms with Crippen LogP contribution in [0.4, 0.5) is 0 Å². The van der Waals surface area contributed by atoms with Crippen molar-refractivity contribution in [3.05, 3.63) is 42.0 Å². The maximum Gasteiger partial charge on any atom is 0.225 e. The summed E-state index contributed by atoms with van der Waals surface area (Å²) in [5.41, 5.74) is 0.410. The van der Waals surface area contributed by atoms with E-state index in [1.54, 1.807) is 25.3 Å². The SMILES string of the molecule is COc1ccc2cc(C(=O)C=O)ccc2c1. The number of ether oxygens (including phenoxy) is 1. The molecule has 2 aromatic carbocycles. The Hall–Kier alpha value is -2.16. The number of carbonyl (C=O) groups excluding carboxylic acids is 2. The topological polar surface area (TPSA) is 43.4 Å². The standard InChI is InChI=1S/C13H10O3/c1-16-12-5-4-9-6-11(13(15)8-14)3-2-10(9)7-12/h2-8H,1H3. The lowest BCUT2D eigenvalue weighted by Crippen LogP contribution is -1.99. The van der Waals surface area contributed by atoms with Crippen molar-refractivity contribution in [1.29, 1.82) is 0 Å². The van der Waals surface area contributed by atoms with Gasteiger partial charge < -0.3 is 4.74 Å². The molecule has 3 nitrogen and oxygen atoms in total. The zero-order valence-corrected chi connectivity index (χ0v) is 8.77. The maximum absolute atomic E-state index is 11.2. The fourth-order valence-corrected chi connectivity index (χ4v) is 1.57. The summed E-state index contributed by atoms with van der Waals surface area (Å²) in [6.07, 6.45) is 0.324. The van der Waals surface area contributed by atoms with E-state index < -0.39 is 5.78 Å². The van der Waals surface area contributed by atoms with Crippen molar-refractivity contribution in [2.24, 2.45) is 0 Å². The summed E-state index contributed by atoms with van der Waals surface area (Å²) in [7, 11) is 1.60. The highest BCUT2D eigenvalue weighted by molar-refractivity contribution is 6.33. The van der Waals surface area contributed by atoms with Crippen molar-refractivity contribution in [2.45, 2.75) is 0 Å². The third-order valence-corrected chi connectivity index (χ3v) is 2.44. The summed E-state index contributed by atoms with van der Waals surface area (Å²) in [5, 5.41) is 1.88. The van der Waals surface area contributed by atoms with Crippen LogP contribution in [0, 0.1) is 0 Å². The van der Waals surface area contributed by atoms with Gasteiger partial charge in [-0.15, -0.1) is 0 Å². The zero-order chi connectivity index (χ0) is 11.5. The average Bonchev–Trinajstić information content (AvgIpc) is 2.36. The molecule has 16 heavy (non-hydrogen) atoms. The van der Waals surface area contributed by atoms with Crippen LogP contribution in [0.2, 0.25) is 0 Å². The van der Waals surface area contributed by atoms with Gasteiger partial charge in [-0.25, -0.2) is 0 Å². The second-order valence-corrected chi connectivity index (χ2v) is 3.41. The van der Waals surface area contributed by atoms with E-state index in [1.165, 1.54) is 0 Å². The molecule has 0 heterocycles. The summed E-state index contributed by atoms with van der Waals surface area (Å²) < 4.78 is 5.10. The van der Waals surface area contributed by atoms with Gasteiger partial charge in [-0.1, -0.05) is 18.2 Å². The van der Waals surface area contributed by atoms with Crippen LogP contribution in [0.3, 0.4) is 0 Å². The van der Waals surface area contributed by atoms with Gasteiger partial charge in [-0.3, -0.25) is 9.59 Å². The third-order valence-electron chi connectivity index (χ3n) is 2.44. The molecule has 0 aliphatic carbocycles. The van der Waals surface area contributed by atoms with Crippen LogP contribution >= 0.6 is 0 Å². The number of rotatable bonds is 3. The van der Waals surface area contributed by atoms with Crippen molar-refractivity contribution < 1.29 is 14.3 Å². The Morgan fingerprint density at radius 1 is 1.12 bits per heavy atom. The Bertz CT molecular complexity index is 558. The lowest BCUT2D eigenvalue weighted by molar-refractivity contribution is -0.104. The molecule has 0 atom stereocenters. The summed E-state index contributed by atoms with van der Waals surface area (Å²) in [5.74, 6) is 0.264. The normalized spacial score (nSPS) is 10.1. The first-order valence-electron chi connectivity index (χ1n) is 4.82. The second-order valence-electron chi connectivity index (χ2n) is 3.41. The first-order valence-corrected chi connectivity index (χ1v) is 4.82. The number of hydrogen-bond donors (Lipinski definition) is 0. The molecule has 0 bridgehead atoms. The van der Waals surface area contributed by atoms with Gasteiger partial charge >= 0.3 is 0 Å². The zero-order valence-electron chi connectivity index (χ0n) is 8.77. The molecule has 0 amide bonds. The quantitative estimate of drug-likeness (QED) is 0.447. The van der Waals surface area contributed by atoms with E-state index in [-0.39, 0.29) is 0 Å². The van der Waals surface area contributed by atoms with Gasteiger partial charge in [0.2, 0.25) is 5.78 Å². The van der Waals surface area contributed by atoms with Gasteiger partial charge in [0.1, 0.15) is 5.75 Å². The molecule has 0 radical (unpaired) electrons. The molecule has 0 spiro atoms. The van der Waals surface area contributed by atoms with Crippen LogP contribution < -0.4 is 4.74 Å². The Labute approximate surface area is 92.6 Å². The van der Waals surface area contributed by atoms with Gasteiger partial charge in [0, 0.05) is 5.56 Å². The summed E-state index contributed by atoms with van der Waals surface area (Å²) >= 11 is 0. The fraction of sp³-hybridized carbons (Fsp3) is 0.0769. The number of ketones is 1. The number of methoxy groups -OCH3 is 1. The van der Waals surface area contributed by atoms with Crippen LogP contribution in [0.15, 0.2) is 36.4 Å². The largest absolute Gasteiger partial charge is 0.497 e. The molecule has 0 aromatic heterocycles. The Morgan fingerprint density at radius 3 is 2.50 bits per heavy atom. The molecule has 0 aliphatic rings. The van der Waals surface area contributed by atoms with Crippen molar-refractivity contribution in [3.63, 3.8) is 0 Å². The van der Waals surface area contributed by atoms with E-state index in [0.29, 0.717) is 11.8 Å². The van der Waals surface area contributed by atoms with E-state index in [1.807, 2.05) is 18.2 Å². The summed E-state index contributed by atoms with van der Waals surface area (Å²) in [4.78, 5) is 21.6. The molecule has 2 aromatic rings. The van der Waals surface area contributed by atoms with Crippen LogP contribution in [-0.4, -0.2) is 19.2 Å². The van der Waals surface area contributed by atoms with E-state index in [2.05, 4.69) is 0 Å². The lowest BCUT2D eigenvalue weighted by Gasteiger charge is -2.03. The highest BCUT2D eigenvalue weighted by Crippen LogP contribution is 2.21. The minimum absolute atomic E-state index is 0.324. The van der Waals surface area contributed by atoms with Gasteiger partial charge in [-0.2, -0.15) is 0 Å². The van der Waals surface area contributed by atoms with E-state index in [4.69, 9.17) is 4.74 Å². The molecule has 0 aliphatic heterocycles. The lowest BCUT2D eigenvalue weighted by atomic mass is 10.0. The first-order chi connectivity index (χ1) is 7.74. The predicted molar refractivity (Wildman–Crippen MR) is 60.9 cm³/mol. The first kappa shape index (κ1) is 10.4. The molecular formula is C13H10O3. The monoisotopic (exact) mass is 214 g/mol. The van der Waals surface area contributed by atoms with Gasteiger partial charge in [-0.05, 0) is 29.0 Å². The van der Waals surface area contributed by atoms with E-state index in [9.17, 15) is 9.59 Å². The van der Waals surface area contributed by atoms with E-state index >= 15 is 0 Å². The van der Waals surface area contributed by atoms with Crippen molar-refractivity contribution in [2.75, 3.05) is 7.11 Å². The smallest absolute Gasteiger partial charge is 0.225 e. The molecule has 0 unspecified atom stereocenters. The molecule has 0 saturated carbocycles. The predicted octanol–water partition coefficient (Wildman–Crippen LogP) is 2.23. The molecular weight excluding hydrogens is 204 g/mol. The maximum atomic E-state index is 11.2. The van der Waals surface area contributed by atoms with Crippen LogP contribution in [0.1, 0.15) is 10.4 Å². The van der Waals surface area contributed by atoms with E-state index in [0.717, 1.165) is 16.5 Å². The Morgan fingerprint density at radius 2 is 1.81 bits per heavy atom. The minimum atomic E-state index is -0.502. The molecule has 0 fully saturated rings. The van der Waals surface area contributed by atoms with Gasteiger partial charge in [0.15, 0.2) is 6.29 Å². The second kappa shape index (κ2) is 4.14. The number of fused-ring (bicyclic) bond motifs is 1. The van der Waals surface area contributed by atoms with Gasteiger partial charge in [0.05, 0.1) is 7.11 Å². The number of Topliss-reactive ketones (excluding diaryl/α,β-unsaturated/α-hetero) is 1. The highest BCUT2D eigenvalue weighted by Gasteiger charge is 2.05. The molecule has 3 heteroatoms. The van der Waals surface area contributed by atoms with Crippen molar-refractivity contribution in [3.8, 4) is 5.75 Å². The summed E-state index contributed by atoms with van der Waals surface area (Å²) in [6, 6.07) is 10.7. The number of benzene rings is 2. The van der Waals surface area contributed by atoms with Crippen molar-refractivity contribution >= 4 is 22.8 Å².